The van der Waals surface area contributed by atoms with Crippen LogP contribution in [0.5, 0.6) is 17.2 Å². The lowest BCUT2D eigenvalue weighted by atomic mass is 9.86. The highest BCUT2D eigenvalue weighted by Crippen LogP contribution is 2.45. The third-order valence-corrected chi connectivity index (χ3v) is 5.70. The minimum atomic E-state index is -0.443. The summed E-state index contributed by atoms with van der Waals surface area (Å²) in [6.45, 7) is 3.99. The van der Waals surface area contributed by atoms with Crippen molar-refractivity contribution in [1.29, 1.82) is 0 Å². The van der Waals surface area contributed by atoms with Crippen LogP contribution in [0.4, 0.5) is 0 Å². The molecule has 0 saturated carbocycles. The molecule has 2 aromatic heterocycles. The van der Waals surface area contributed by atoms with E-state index in [0.29, 0.717) is 11.1 Å². The average Bonchev–Trinajstić information content (AvgIpc) is 3.24. The highest BCUT2D eigenvalue weighted by molar-refractivity contribution is 5.94. The zero-order valence-electron chi connectivity index (χ0n) is 17.4. The van der Waals surface area contributed by atoms with Crippen molar-refractivity contribution >= 4 is 16.9 Å². The first-order valence-electron chi connectivity index (χ1n) is 10.2. The Labute approximate surface area is 182 Å². The first-order chi connectivity index (χ1) is 15.3. The first-order valence-corrected chi connectivity index (χ1v) is 10.2. The van der Waals surface area contributed by atoms with E-state index in [9.17, 15) is 19.8 Å². The monoisotopic (exact) mass is 432 g/mol. The molecule has 5 rings (SSSR count). The molecular weight excluding hydrogens is 412 g/mol. The highest BCUT2D eigenvalue weighted by Gasteiger charge is 2.34. The Bertz CT molecular complexity index is 1420. The van der Waals surface area contributed by atoms with Gasteiger partial charge in [-0.3, -0.25) is 14.3 Å². The molecule has 1 aliphatic rings. The number of carbonyl (C=O) groups excluding carboxylic acids is 1. The van der Waals surface area contributed by atoms with Crippen LogP contribution >= 0.6 is 0 Å². The fourth-order valence-corrected chi connectivity index (χ4v) is 4.07. The van der Waals surface area contributed by atoms with E-state index in [1.807, 2.05) is 20.0 Å². The van der Waals surface area contributed by atoms with Crippen LogP contribution in [0.2, 0.25) is 0 Å². The van der Waals surface area contributed by atoms with Gasteiger partial charge in [-0.1, -0.05) is 12.1 Å². The molecule has 0 spiro atoms. The number of phenolic OH excluding ortho intramolecular Hbond substituents is 2. The van der Waals surface area contributed by atoms with Crippen molar-refractivity contribution in [2.45, 2.75) is 32.2 Å². The van der Waals surface area contributed by atoms with Gasteiger partial charge < -0.3 is 19.4 Å². The van der Waals surface area contributed by atoms with Crippen molar-refractivity contribution in [2.24, 2.45) is 0 Å². The summed E-state index contributed by atoms with van der Waals surface area (Å²) in [4.78, 5) is 25.6. The molecule has 0 aliphatic carbocycles. The number of ether oxygens (including phenoxy) is 1. The van der Waals surface area contributed by atoms with Gasteiger partial charge in [0.15, 0.2) is 0 Å². The van der Waals surface area contributed by atoms with Crippen LogP contribution in [-0.2, 0) is 4.79 Å². The quantitative estimate of drug-likeness (QED) is 0.370. The summed E-state index contributed by atoms with van der Waals surface area (Å²) in [7, 11) is 0. The third kappa shape index (κ3) is 3.11. The van der Waals surface area contributed by atoms with Crippen molar-refractivity contribution in [2.75, 3.05) is 0 Å². The number of aromatic hydroxyl groups is 2. The summed E-state index contributed by atoms with van der Waals surface area (Å²) in [5, 5.41) is 24.5. The number of carbonyl (C=O) groups is 1. The van der Waals surface area contributed by atoms with Gasteiger partial charge in [0.1, 0.15) is 34.5 Å². The Morgan fingerprint density at radius 2 is 1.91 bits per heavy atom. The van der Waals surface area contributed by atoms with E-state index in [0.717, 1.165) is 5.56 Å². The lowest BCUT2D eigenvalue weighted by Gasteiger charge is -2.25. The molecule has 3 heterocycles. The van der Waals surface area contributed by atoms with Gasteiger partial charge in [0.05, 0.1) is 18.2 Å². The zero-order chi connectivity index (χ0) is 22.6. The summed E-state index contributed by atoms with van der Waals surface area (Å²) >= 11 is 0. The maximum atomic E-state index is 13.3. The predicted octanol–water partition coefficient (Wildman–Crippen LogP) is 4.09. The van der Waals surface area contributed by atoms with Crippen LogP contribution in [0.15, 0.2) is 58.2 Å². The van der Waals surface area contributed by atoms with Crippen LogP contribution in [0, 0.1) is 0 Å². The first kappa shape index (κ1) is 19.9. The summed E-state index contributed by atoms with van der Waals surface area (Å²) < 4.78 is 13.1. The minimum Gasteiger partial charge on any atom is -0.508 e. The van der Waals surface area contributed by atoms with Crippen LogP contribution < -0.4 is 10.2 Å². The number of rotatable bonds is 3. The molecule has 0 saturated heterocycles. The van der Waals surface area contributed by atoms with Gasteiger partial charge in [-0.15, -0.1) is 0 Å². The van der Waals surface area contributed by atoms with E-state index >= 15 is 0 Å². The van der Waals surface area contributed by atoms with Gasteiger partial charge in [-0.05, 0) is 37.1 Å². The largest absolute Gasteiger partial charge is 0.508 e. The van der Waals surface area contributed by atoms with Gasteiger partial charge in [0.2, 0.25) is 5.43 Å². The van der Waals surface area contributed by atoms with Gasteiger partial charge in [0, 0.05) is 29.8 Å². The van der Waals surface area contributed by atoms with Crippen molar-refractivity contribution in [1.82, 2.24) is 9.78 Å². The van der Waals surface area contributed by atoms with Crippen LogP contribution in [0.3, 0.4) is 0 Å². The summed E-state index contributed by atoms with van der Waals surface area (Å²) in [5.74, 6) is -0.984. The Morgan fingerprint density at radius 3 is 2.59 bits per heavy atom. The van der Waals surface area contributed by atoms with E-state index < -0.39 is 17.3 Å². The summed E-state index contributed by atoms with van der Waals surface area (Å²) in [5.41, 5.74) is 1.83. The summed E-state index contributed by atoms with van der Waals surface area (Å²) in [6, 6.07) is 7.54. The Balaban J connectivity index is 1.74. The Morgan fingerprint density at radius 1 is 1.16 bits per heavy atom. The molecule has 1 aliphatic heterocycles. The number of benzene rings is 2. The Kier molecular flexibility index (Phi) is 4.51. The van der Waals surface area contributed by atoms with Gasteiger partial charge in [0.25, 0.3) is 0 Å². The maximum Gasteiger partial charge on any atom is 0.312 e. The number of hydrogen-bond donors (Lipinski definition) is 2. The number of phenols is 2. The lowest BCUT2D eigenvalue weighted by Crippen LogP contribution is -2.22. The molecule has 0 fully saturated rings. The second-order valence-electron chi connectivity index (χ2n) is 8.12. The van der Waals surface area contributed by atoms with Crippen LogP contribution in [0.25, 0.3) is 22.1 Å². The van der Waals surface area contributed by atoms with Gasteiger partial charge in [-0.25, -0.2) is 0 Å². The molecule has 162 valence electrons. The fourth-order valence-electron chi connectivity index (χ4n) is 4.07. The van der Waals surface area contributed by atoms with E-state index in [-0.39, 0.29) is 46.2 Å². The molecule has 0 unspecified atom stereocenters. The number of hydrogen-bond acceptors (Lipinski definition) is 7. The lowest BCUT2D eigenvalue weighted by molar-refractivity contribution is -0.135. The number of aromatic nitrogens is 2. The van der Waals surface area contributed by atoms with Crippen molar-refractivity contribution < 1.29 is 24.2 Å². The number of fused-ring (bicyclic) bond motifs is 3. The van der Waals surface area contributed by atoms with E-state index in [2.05, 4.69) is 5.10 Å². The Hall–Kier alpha value is -4.07. The highest BCUT2D eigenvalue weighted by atomic mass is 16.5. The van der Waals surface area contributed by atoms with Crippen LogP contribution in [-0.4, -0.2) is 26.0 Å². The molecule has 8 heteroatoms. The van der Waals surface area contributed by atoms with Crippen LogP contribution in [0.1, 0.15) is 43.4 Å². The van der Waals surface area contributed by atoms with Gasteiger partial charge >= 0.3 is 5.97 Å². The second-order valence-corrected chi connectivity index (χ2v) is 8.12. The predicted molar refractivity (Wildman–Crippen MR) is 116 cm³/mol. The smallest absolute Gasteiger partial charge is 0.312 e. The molecule has 0 bridgehead atoms. The van der Waals surface area contributed by atoms with Gasteiger partial charge in [-0.2, -0.15) is 5.10 Å². The molecule has 1 atom stereocenters. The van der Waals surface area contributed by atoms with E-state index in [1.54, 1.807) is 23.0 Å². The SMILES string of the molecule is CC(C)n1cc([C@H]2CC(=O)Oc3cc(O)c4c(=O)c(-c5ccc(O)cc5)coc4c32)cn1. The van der Waals surface area contributed by atoms with Crippen molar-refractivity contribution in [3.63, 3.8) is 0 Å². The third-order valence-electron chi connectivity index (χ3n) is 5.70. The molecular formula is C24H20N2O6. The average molecular weight is 432 g/mol. The second kappa shape index (κ2) is 7.26. The summed E-state index contributed by atoms with van der Waals surface area (Å²) in [6.07, 6.45) is 4.93. The topological polar surface area (TPSA) is 115 Å². The number of esters is 1. The molecule has 0 radical (unpaired) electrons. The molecule has 8 nitrogen and oxygen atoms in total. The maximum absolute atomic E-state index is 13.3. The normalized spacial score (nSPS) is 15.7. The van der Waals surface area contributed by atoms with Crippen molar-refractivity contribution in [3.05, 3.63) is 70.3 Å². The molecule has 32 heavy (non-hydrogen) atoms. The zero-order valence-corrected chi connectivity index (χ0v) is 17.4. The molecule has 4 aromatic rings. The molecule has 2 aromatic carbocycles. The molecule has 2 N–H and O–H groups in total. The van der Waals surface area contributed by atoms with E-state index in [1.165, 1.54) is 24.5 Å². The minimum absolute atomic E-state index is 0.00789. The van der Waals surface area contributed by atoms with Crippen molar-refractivity contribution in [3.8, 4) is 28.4 Å². The fraction of sp³-hybridized carbons (Fsp3) is 0.208. The van der Waals surface area contributed by atoms with E-state index in [4.69, 9.17) is 9.15 Å². The number of nitrogens with zero attached hydrogens (tertiary/aromatic N) is 2. The standard InChI is InChI=1S/C24H20N2O6/c1-12(2)26-10-14(9-25-26)16-7-20(29)32-19-8-18(28)22-23(30)17(11-31-24(22)21(16)19)13-3-5-15(27)6-4-13/h3-6,8-12,16,27-28H,7H2,1-2H3/t16-/m1/s1. The molecule has 0 amide bonds.